The van der Waals surface area contributed by atoms with Gasteiger partial charge in [-0.15, -0.1) is 0 Å². The predicted molar refractivity (Wildman–Crippen MR) is 116 cm³/mol. The van der Waals surface area contributed by atoms with Crippen molar-refractivity contribution in [3.63, 3.8) is 0 Å². The SMILES string of the molecule is CC1(C)CC(=O)c2c([nH]c(-c3ccnc(CNS(=O)[O-])c3)c2Nc2ccccc2)C1. The molecule has 4 rings (SSSR count). The van der Waals surface area contributed by atoms with Crippen molar-refractivity contribution in [1.82, 2.24) is 14.7 Å². The molecule has 0 amide bonds. The molecule has 2 aromatic heterocycles. The Labute approximate surface area is 177 Å². The first-order valence-corrected chi connectivity index (χ1v) is 10.8. The van der Waals surface area contributed by atoms with E-state index >= 15 is 0 Å². The van der Waals surface area contributed by atoms with E-state index in [1.807, 2.05) is 42.5 Å². The minimum absolute atomic E-state index is 0.0950. The van der Waals surface area contributed by atoms with Gasteiger partial charge in [-0.25, -0.2) is 4.72 Å². The fraction of sp³-hybridized carbons (Fsp3) is 0.273. The minimum atomic E-state index is -2.36. The number of carbonyl (C=O) groups excluding carboxylic acids is 1. The molecule has 0 radical (unpaired) electrons. The fourth-order valence-electron chi connectivity index (χ4n) is 3.93. The van der Waals surface area contributed by atoms with Crippen molar-refractivity contribution in [3.05, 3.63) is 65.6 Å². The van der Waals surface area contributed by atoms with Crippen LogP contribution in [-0.4, -0.2) is 24.5 Å². The van der Waals surface area contributed by atoms with Crippen molar-refractivity contribution in [2.24, 2.45) is 5.41 Å². The summed E-state index contributed by atoms with van der Waals surface area (Å²) in [5.74, 6) is 0.111. The molecule has 0 saturated carbocycles. The van der Waals surface area contributed by atoms with Gasteiger partial charge in [0.05, 0.1) is 22.6 Å². The van der Waals surface area contributed by atoms with Crippen molar-refractivity contribution >= 4 is 28.4 Å². The monoisotopic (exact) mass is 423 g/mol. The summed E-state index contributed by atoms with van der Waals surface area (Å²) in [7, 11) is 0. The summed E-state index contributed by atoms with van der Waals surface area (Å²) in [6.07, 6.45) is 2.89. The van der Waals surface area contributed by atoms with Gasteiger partial charge in [-0.1, -0.05) is 32.0 Å². The van der Waals surface area contributed by atoms with Crippen LogP contribution >= 0.6 is 0 Å². The smallest absolute Gasteiger partial charge is 0.167 e. The number of nitrogens with one attached hydrogen (secondary N) is 3. The molecular formula is C22H23N4O3S-. The van der Waals surface area contributed by atoms with E-state index < -0.39 is 11.3 Å². The Balaban J connectivity index is 1.80. The van der Waals surface area contributed by atoms with Crippen LogP contribution in [0.1, 0.15) is 42.0 Å². The highest BCUT2D eigenvalue weighted by atomic mass is 32.2. The first-order chi connectivity index (χ1) is 14.3. The van der Waals surface area contributed by atoms with Crippen LogP contribution in [0.3, 0.4) is 0 Å². The number of pyridine rings is 1. The van der Waals surface area contributed by atoms with Crippen LogP contribution < -0.4 is 10.0 Å². The molecule has 8 heteroatoms. The average molecular weight is 424 g/mol. The molecule has 3 N–H and O–H groups in total. The summed E-state index contributed by atoms with van der Waals surface area (Å²) >= 11 is -2.36. The van der Waals surface area contributed by atoms with Gasteiger partial charge in [-0.3, -0.25) is 14.0 Å². The van der Waals surface area contributed by atoms with Crippen LogP contribution in [0.2, 0.25) is 0 Å². The first-order valence-electron chi connectivity index (χ1n) is 9.70. The number of nitrogens with zero attached hydrogens (tertiary/aromatic N) is 1. The number of hydrogen-bond donors (Lipinski definition) is 3. The van der Waals surface area contributed by atoms with Gasteiger partial charge in [0, 0.05) is 47.4 Å². The molecule has 2 heterocycles. The third-order valence-electron chi connectivity index (χ3n) is 5.17. The topological polar surface area (TPSA) is 110 Å². The standard InChI is InChI=1S/C22H24N4O3S/c1-22(2)11-17-19(18(27)12-22)21(25-15-6-4-3-5-7-15)20(26-17)14-8-9-23-16(10-14)13-24-30(28)29/h3-10,24-26H,11-13H2,1-2H3,(H,28,29)/p-1. The molecule has 0 fully saturated rings. The second kappa shape index (κ2) is 8.14. The van der Waals surface area contributed by atoms with E-state index in [-0.39, 0.29) is 17.7 Å². The predicted octanol–water partition coefficient (Wildman–Crippen LogP) is 3.86. The van der Waals surface area contributed by atoms with Gasteiger partial charge in [0.1, 0.15) is 0 Å². The van der Waals surface area contributed by atoms with Gasteiger partial charge in [-0.2, -0.15) is 0 Å². The first kappa shape index (κ1) is 20.5. The zero-order chi connectivity index (χ0) is 21.3. The number of benzene rings is 1. The Morgan fingerprint density at radius 3 is 2.70 bits per heavy atom. The number of carbonyl (C=O) groups is 1. The molecule has 1 aliphatic carbocycles. The van der Waals surface area contributed by atoms with Gasteiger partial charge in [0.2, 0.25) is 0 Å². The summed E-state index contributed by atoms with van der Waals surface area (Å²) < 4.78 is 24.0. The number of aromatic amines is 1. The van der Waals surface area contributed by atoms with Gasteiger partial charge in [0.25, 0.3) is 0 Å². The van der Waals surface area contributed by atoms with E-state index in [9.17, 15) is 13.6 Å². The quantitative estimate of drug-likeness (QED) is 0.522. The molecule has 3 aromatic rings. The molecule has 1 aromatic carbocycles. The van der Waals surface area contributed by atoms with E-state index in [1.165, 1.54) is 0 Å². The van der Waals surface area contributed by atoms with Gasteiger partial charge >= 0.3 is 0 Å². The second-order valence-electron chi connectivity index (χ2n) is 8.25. The van der Waals surface area contributed by atoms with Crippen molar-refractivity contribution in [2.45, 2.75) is 33.2 Å². The second-order valence-corrected chi connectivity index (χ2v) is 9.01. The molecule has 0 bridgehead atoms. The van der Waals surface area contributed by atoms with Gasteiger partial charge in [0.15, 0.2) is 5.78 Å². The minimum Gasteiger partial charge on any atom is -0.760 e. The lowest BCUT2D eigenvalue weighted by atomic mass is 9.76. The highest BCUT2D eigenvalue weighted by molar-refractivity contribution is 7.77. The maximum atomic E-state index is 13.1. The van der Waals surface area contributed by atoms with E-state index in [0.717, 1.165) is 34.7 Å². The zero-order valence-corrected chi connectivity index (χ0v) is 17.6. The third-order valence-corrected chi connectivity index (χ3v) is 5.55. The van der Waals surface area contributed by atoms with Crippen molar-refractivity contribution in [2.75, 3.05) is 5.32 Å². The number of ketones is 1. The molecule has 7 nitrogen and oxygen atoms in total. The van der Waals surface area contributed by atoms with E-state index in [1.54, 1.807) is 6.20 Å². The molecule has 1 aliphatic rings. The summed E-state index contributed by atoms with van der Waals surface area (Å²) in [6.45, 7) is 4.29. The summed E-state index contributed by atoms with van der Waals surface area (Å²) in [4.78, 5) is 20.7. The summed E-state index contributed by atoms with van der Waals surface area (Å²) in [5.41, 5.74) is 5.35. The number of hydrogen-bond acceptors (Lipinski definition) is 5. The maximum Gasteiger partial charge on any atom is 0.167 e. The highest BCUT2D eigenvalue weighted by Crippen LogP contribution is 2.43. The number of aromatic nitrogens is 2. The average Bonchev–Trinajstić information content (AvgIpc) is 3.04. The normalized spacial score (nSPS) is 16.2. The number of rotatable bonds is 6. The zero-order valence-electron chi connectivity index (χ0n) is 16.8. The number of H-pyrrole nitrogens is 1. The lowest BCUT2D eigenvalue weighted by Crippen LogP contribution is -2.26. The Morgan fingerprint density at radius 2 is 1.97 bits per heavy atom. The number of Topliss-reactive ketones (excluding diaryl/α,β-unsaturated/α-hetero) is 1. The third kappa shape index (κ3) is 4.35. The molecule has 0 aliphatic heterocycles. The molecular weight excluding hydrogens is 400 g/mol. The van der Waals surface area contributed by atoms with E-state index in [2.05, 4.69) is 33.9 Å². The largest absolute Gasteiger partial charge is 0.760 e. The highest BCUT2D eigenvalue weighted by Gasteiger charge is 2.35. The van der Waals surface area contributed by atoms with Crippen LogP contribution in [0.5, 0.6) is 0 Å². The van der Waals surface area contributed by atoms with E-state index in [4.69, 9.17) is 0 Å². The Hall–Kier alpha value is -2.81. The molecule has 156 valence electrons. The maximum absolute atomic E-state index is 13.1. The lowest BCUT2D eigenvalue weighted by Gasteiger charge is -2.28. The van der Waals surface area contributed by atoms with Gasteiger partial charge < -0.3 is 14.9 Å². The Morgan fingerprint density at radius 1 is 1.20 bits per heavy atom. The van der Waals surface area contributed by atoms with Crippen LogP contribution in [0, 0.1) is 5.41 Å². The Bertz CT molecular complexity index is 1110. The molecule has 30 heavy (non-hydrogen) atoms. The van der Waals surface area contributed by atoms with Crippen LogP contribution in [0.15, 0.2) is 48.7 Å². The summed E-state index contributed by atoms with van der Waals surface area (Å²) in [5, 5.41) is 3.42. The van der Waals surface area contributed by atoms with Crippen LogP contribution in [-0.2, 0) is 24.2 Å². The molecule has 0 saturated heterocycles. The van der Waals surface area contributed by atoms with Crippen molar-refractivity contribution in [1.29, 1.82) is 0 Å². The van der Waals surface area contributed by atoms with Crippen LogP contribution in [0.4, 0.5) is 11.4 Å². The Kier molecular flexibility index (Phi) is 5.55. The van der Waals surface area contributed by atoms with Crippen molar-refractivity contribution in [3.8, 4) is 11.3 Å². The molecule has 0 spiro atoms. The fourth-order valence-corrected chi connectivity index (χ4v) is 4.19. The number of para-hydroxylation sites is 1. The van der Waals surface area contributed by atoms with Crippen molar-refractivity contribution < 1.29 is 13.6 Å². The molecule has 1 unspecified atom stereocenters. The van der Waals surface area contributed by atoms with Crippen LogP contribution in [0.25, 0.3) is 11.3 Å². The summed E-state index contributed by atoms with van der Waals surface area (Å²) in [6, 6.07) is 13.4. The lowest BCUT2D eigenvalue weighted by molar-refractivity contribution is 0.0912. The number of fused-ring (bicyclic) bond motifs is 1. The molecule has 1 atom stereocenters. The van der Waals surface area contributed by atoms with E-state index in [0.29, 0.717) is 17.7 Å². The number of anilines is 2. The van der Waals surface area contributed by atoms with Gasteiger partial charge in [-0.05, 0) is 36.1 Å².